The standard InChI is InChI=1S/C42H38N.2ClH.Zr/c1-41(2,3)27-20-21-29-26(24-27)25-34-30(29)22-23-35(42(4,5)6)38(34)39-32-17-11-10-16-31(32)37-33-18-12-13-19-36(33)43(40(37)39)28-14-8-7-9-15-28;;;/h7-25,39H,1-6H3;2*1H;/q-1;;;+3/p-2. The van der Waals surface area contributed by atoms with E-state index in [-0.39, 0.29) is 67.8 Å². The minimum Gasteiger partial charge on any atom is -1.00 e. The third kappa shape index (κ3) is 5.13. The summed E-state index contributed by atoms with van der Waals surface area (Å²) in [5, 5.41) is 6.74. The Hall–Kier alpha value is -3.03. The van der Waals surface area contributed by atoms with Crippen LogP contribution in [0.4, 0.5) is 0 Å². The summed E-state index contributed by atoms with van der Waals surface area (Å²) < 4.78 is 2.54. The maximum absolute atomic E-state index is 2.54. The van der Waals surface area contributed by atoms with Gasteiger partial charge in [-0.25, -0.2) is 0 Å². The normalized spacial score (nSPS) is 14.0. The summed E-state index contributed by atoms with van der Waals surface area (Å²) in [4.78, 5) is 0. The Morgan fingerprint density at radius 3 is 2.00 bits per heavy atom. The number of para-hydroxylation sites is 2. The summed E-state index contributed by atoms with van der Waals surface area (Å²) in [5.41, 5.74) is 12.3. The van der Waals surface area contributed by atoms with E-state index < -0.39 is 0 Å². The van der Waals surface area contributed by atoms with Crippen LogP contribution in [0.3, 0.4) is 0 Å². The molecule has 1 nitrogen and oxygen atoms in total. The van der Waals surface area contributed by atoms with E-state index in [1.807, 2.05) is 0 Å². The monoisotopic (exact) mass is 716 g/mol. The summed E-state index contributed by atoms with van der Waals surface area (Å²) >= 11 is 0. The molecule has 1 atom stereocenters. The van der Waals surface area contributed by atoms with Gasteiger partial charge in [0.2, 0.25) is 0 Å². The number of aromatic nitrogens is 1. The molecule has 0 aliphatic heterocycles. The molecule has 0 saturated heterocycles. The molecule has 6 aromatic carbocycles. The minimum atomic E-state index is -0.0230. The van der Waals surface area contributed by atoms with Gasteiger partial charge in [-0.3, -0.25) is 0 Å². The largest absolute Gasteiger partial charge is 3.00 e. The molecule has 1 radical (unpaired) electrons. The molecule has 8 rings (SSSR count). The fraction of sp³-hybridized carbons (Fsp3) is 0.214. The number of hydrogen-bond acceptors (Lipinski definition) is 0. The van der Waals surface area contributed by atoms with E-state index in [1.165, 1.54) is 77.2 Å². The summed E-state index contributed by atoms with van der Waals surface area (Å²) in [6, 6.07) is 43.4. The quantitative estimate of drug-likeness (QED) is 0.211. The number of rotatable bonds is 2. The second-order valence-electron chi connectivity index (χ2n) is 14.4. The van der Waals surface area contributed by atoms with Crippen LogP contribution in [0.2, 0.25) is 0 Å². The molecular formula is C42H38Cl2NZr. The second-order valence-corrected chi connectivity index (χ2v) is 14.4. The van der Waals surface area contributed by atoms with Crippen molar-refractivity contribution in [3.05, 3.63) is 143 Å². The van der Waals surface area contributed by atoms with Crippen molar-refractivity contribution >= 4 is 32.4 Å². The van der Waals surface area contributed by atoms with Gasteiger partial charge in [-0.1, -0.05) is 143 Å². The van der Waals surface area contributed by atoms with Crippen LogP contribution in [0.15, 0.2) is 115 Å². The van der Waals surface area contributed by atoms with Crippen molar-refractivity contribution in [2.45, 2.75) is 58.3 Å². The zero-order valence-corrected chi connectivity index (χ0v) is 31.2. The third-order valence-corrected chi connectivity index (χ3v) is 9.63. The average Bonchev–Trinajstić information content (AvgIpc) is 3.63. The molecule has 0 spiro atoms. The third-order valence-electron chi connectivity index (χ3n) is 9.63. The molecular weight excluding hydrogens is 681 g/mol. The molecule has 0 fully saturated rings. The Kier molecular flexibility index (Phi) is 9.11. The molecule has 1 unspecified atom stereocenters. The fourth-order valence-electron chi connectivity index (χ4n) is 7.63. The van der Waals surface area contributed by atoms with Gasteiger partial charge in [-0.05, 0) is 40.2 Å². The zero-order chi connectivity index (χ0) is 29.7. The van der Waals surface area contributed by atoms with Crippen LogP contribution in [-0.4, -0.2) is 4.57 Å². The van der Waals surface area contributed by atoms with E-state index in [2.05, 4.69) is 161 Å². The Bertz CT molecular complexity index is 2190. The molecule has 1 aliphatic carbocycles. The van der Waals surface area contributed by atoms with Crippen LogP contribution in [0.25, 0.3) is 49.3 Å². The first-order chi connectivity index (χ1) is 20.6. The van der Waals surface area contributed by atoms with Gasteiger partial charge >= 0.3 is 26.2 Å². The van der Waals surface area contributed by atoms with Gasteiger partial charge in [0.25, 0.3) is 0 Å². The molecule has 1 heterocycles. The Labute approximate surface area is 304 Å². The number of halogens is 2. The Balaban J connectivity index is 0.00000139. The molecule has 229 valence electrons. The van der Waals surface area contributed by atoms with Crippen LogP contribution < -0.4 is 24.8 Å². The molecule has 0 N–H and O–H groups in total. The van der Waals surface area contributed by atoms with Crippen LogP contribution in [0.1, 0.15) is 75.4 Å². The van der Waals surface area contributed by atoms with Gasteiger partial charge in [0.15, 0.2) is 0 Å². The van der Waals surface area contributed by atoms with Crippen LogP contribution >= 0.6 is 0 Å². The fourth-order valence-corrected chi connectivity index (χ4v) is 7.63. The molecule has 0 amide bonds. The second kappa shape index (κ2) is 12.2. The SMILES string of the molecule is CC(C)(C)c1ccc2c(c1)[cH-]c1c(C3c4ccccc4-c4c3n(-c3ccccc3)c3ccccc43)c(C(C)(C)C)ccc12.[Cl-].[Cl-].[Zr+3]. The van der Waals surface area contributed by atoms with Gasteiger partial charge in [0, 0.05) is 28.2 Å². The van der Waals surface area contributed by atoms with Crippen molar-refractivity contribution in [3.8, 4) is 16.8 Å². The smallest absolute Gasteiger partial charge is 1.00 e. The Morgan fingerprint density at radius 2 is 1.28 bits per heavy atom. The number of nitrogens with zero attached hydrogens (tertiary/aromatic N) is 1. The first-order valence-corrected chi connectivity index (χ1v) is 15.6. The van der Waals surface area contributed by atoms with E-state index in [1.54, 1.807) is 0 Å². The Morgan fingerprint density at radius 1 is 0.630 bits per heavy atom. The van der Waals surface area contributed by atoms with Crippen molar-refractivity contribution < 1.29 is 51.0 Å². The van der Waals surface area contributed by atoms with E-state index in [0.29, 0.717) is 0 Å². The van der Waals surface area contributed by atoms with Crippen molar-refractivity contribution in [2.75, 3.05) is 0 Å². The van der Waals surface area contributed by atoms with Crippen molar-refractivity contribution in [3.63, 3.8) is 0 Å². The van der Waals surface area contributed by atoms with Crippen LogP contribution in [0, 0.1) is 0 Å². The maximum Gasteiger partial charge on any atom is 3.00 e. The molecule has 1 aromatic heterocycles. The number of fused-ring (bicyclic) bond motifs is 8. The predicted octanol–water partition coefficient (Wildman–Crippen LogP) is 5.42. The summed E-state index contributed by atoms with van der Waals surface area (Å²) in [6.07, 6.45) is 0. The first-order valence-electron chi connectivity index (χ1n) is 15.6. The summed E-state index contributed by atoms with van der Waals surface area (Å²) in [5.74, 6) is 0.107. The number of benzene rings is 5. The van der Waals surface area contributed by atoms with Crippen molar-refractivity contribution in [1.29, 1.82) is 0 Å². The minimum absolute atomic E-state index is 0. The van der Waals surface area contributed by atoms with Gasteiger partial charge in [-0.2, -0.15) is 0 Å². The van der Waals surface area contributed by atoms with E-state index in [9.17, 15) is 0 Å². The zero-order valence-electron chi connectivity index (χ0n) is 27.3. The van der Waals surface area contributed by atoms with E-state index in [4.69, 9.17) is 0 Å². The molecule has 1 aliphatic rings. The van der Waals surface area contributed by atoms with Gasteiger partial charge in [0.1, 0.15) is 0 Å². The topological polar surface area (TPSA) is 4.93 Å². The first kappa shape index (κ1) is 34.3. The van der Waals surface area contributed by atoms with Gasteiger partial charge in [0.05, 0.1) is 5.52 Å². The van der Waals surface area contributed by atoms with Crippen molar-refractivity contribution in [1.82, 2.24) is 4.57 Å². The van der Waals surface area contributed by atoms with E-state index >= 15 is 0 Å². The molecule has 0 saturated carbocycles. The predicted molar refractivity (Wildman–Crippen MR) is 184 cm³/mol. The van der Waals surface area contributed by atoms with Crippen LogP contribution in [0.5, 0.6) is 0 Å². The molecule has 46 heavy (non-hydrogen) atoms. The van der Waals surface area contributed by atoms with Gasteiger partial charge in [-0.15, -0.1) is 33.7 Å². The summed E-state index contributed by atoms with van der Waals surface area (Å²) in [7, 11) is 0. The van der Waals surface area contributed by atoms with Crippen LogP contribution in [-0.2, 0) is 37.0 Å². The molecule has 7 aromatic rings. The average molecular weight is 719 g/mol. The van der Waals surface area contributed by atoms with E-state index in [0.717, 1.165) is 0 Å². The maximum atomic E-state index is 2.54. The van der Waals surface area contributed by atoms with Gasteiger partial charge < -0.3 is 29.4 Å². The molecule has 0 bridgehead atoms. The summed E-state index contributed by atoms with van der Waals surface area (Å²) in [6.45, 7) is 14.0. The van der Waals surface area contributed by atoms with Crippen molar-refractivity contribution in [2.24, 2.45) is 0 Å². The molecule has 4 heteroatoms. The number of hydrogen-bond donors (Lipinski definition) is 0.